The average Bonchev–Trinajstić information content (AvgIpc) is 2.47. The van der Waals surface area contributed by atoms with E-state index in [0.29, 0.717) is 30.2 Å². The molecule has 0 saturated carbocycles. The number of nitrogens with one attached hydrogen (secondary N) is 2. The van der Waals surface area contributed by atoms with Gasteiger partial charge in [0.1, 0.15) is 17.3 Å². The Morgan fingerprint density at radius 1 is 1.22 bits per heavy atom. The van der Waals surface area contributed by atoms with Crippen LogP contribution >= 0.6 is 0 Å². The van der Waals surface area contributed by atoms with E-state index >= 15 is 0 Å². The first-order valence-electron chi connectivity index (χ1n) is 7.21. The molecule has 1 heterocycles. The fourth-order valence-electron chi connectivity index (χ4n) is 1.84. The predicted molar refractivity (Wildman–Crippen MR) is 84.4 cm³/mol. The zero-order chi connectivity index (χ0) is 17.0. The van der Waals surface area contributed by atoms with Crippen molar-refractivity contribution in [2.45, 2.75) is 20.8 Å². The summed E-state index contributed by atoms with van der Waals surface area (Å²) in [5.41, 5.74) is 0.604. The molecule has 122 valence electrons. The van der Waals surface area contributed by atoms with Crippen LogP contribution in [0, 0.1) is 24.5 Å². The second-order valence-corrected chi connectivity index (χ2v) is 5.57. The van der Waals surface area contributed by atoms with E-state index in [1.807, 2.05) is 13.8 Å². The first kappa shape index (κ1) is 16.8. The Morgan fingerprint density at radius 2 is 1.96 bits per heavy atom. The van der Waals surface area contributed by atoms with Crippen molar-refractivity contribution in [3.8, 4) is 0 Å². The molecule has 0 spiro atoms. The van der Waals surface area contributed by atoms with Crippen LogP contribution in [0.5, 0.6) is 0 Å². The average molecular weight is 320 g/mol. The minimum absolute atomic E-state index is 0.104. The lowest BCUT2D eigenvalue weighted by atomic mass is 10.2. The summed E-state index contributed by atoms with van der Waals surface area (Å²) < 4.78 is 26.5. The molecule has 5 nitrogen and oxygen atoms in total. The highest BCUT2D eigenvalue weighted by atomic mass is 19.1. The van der Waals surface area contributed by atoms with Crippen LogP contribution in [-0.4, -0.2) is 22.4 Å². The molecule has 0 saturated heterocycles. The summed E-state index contributed by atoms with van der Waals surface area (Å²) in [6, 6.07) is 4.43. The minimum Gasteiger partial charge on any atom is -0.354 e. The third-order valence-corrected chi connectivity index (χ3v) is 2.93. The zero-order valence-electron chi connectivity index (χ0n) is 13.2. The summed E-state index contributed by atoms with van der Waals surface area (Å²) in [5.74, 6) is -1.41. The highest BCUT2D eigenvalue weighted by Gasteiger charge is 2.13. The number of hydrogen-bond acceptors (Lipinski definition) is 4. The van der Waals surface area contributed by atoms with Crippen molar-refractivity contribution >= 4 is 17.5 Å². The number of nitrogens with zero attached hydrogens (tertiary/aromatic N) is 2. The molecule has 0 aliphatic rings. The molecule has 1 aromatic heterocycles. The van der Waals surface area contributed by atoms with Crippen LogP contribution in [0.1, 0.15) is 30.0 Å². The lowest BCUT2D eigenvalue weighted by Crippen LogP contribution is -2.18. The van der Waals surface area contributed by atoms with Crippen molar-refractivity contribution in [1.82, 2.24) is 9.97 Å². The molecule has 0 aliphatic carbocycles. The van der Waals surface area contributed by atoms with Crippen molar-refractivity contribution in [2.24, 2.45) is 5.92 Å². The number of carbonyl (C=O) groups is 1. The quantitative estimate of drug-likeness (QED) is 0.886. The van der Waals surface area contributed by atoms with E-state index in [1.165, 1.54) is 6.07 Å². The molecule has 0 unspecified atom stereocenters. The fourth-order valence-corrected chi connectivity index (χ4v) is 1.84. The summed E-state index contributed by atoms with van der Waals surface area (Å²) in [5, 5.41) is 5.41. The molecular weight excluding hydrogens is 302 g/mol. The van der Waals surface area contributed by atoms with Gasteiger partial charge >= 0.3 is 0 Å². The van der Waals surface area contributed by atoms with Gasteiger partial charge in [-0.1, -0.05) is 13.8 Å². The third kappa shape index (κ3) is 4.70. The summed E-state index contributed by atoms with van der Waals surface area (Å²) in [4.78, 5) is 20.5. The van der Waals surface area contributed by atoms with Gasteiger partial charge in [0.25, 0.3) is 5.91 Å². The van der Waals surface area contributed by atoms with Crippen molar-refractivity contribution in [3.63, 3.8) is 0 Å². The maximum atomic E-state index is 13.6. The van der Waals surface area contributed by atoms with Crippen molar-refractivity contribution in [2.75, 3.05) is 17.2 Å². The lowest BCUT2D eigenvalue weighted by molar-refractivity contribution is 0.102. The van der Waals surface area contributed by atoms with Gasteiger partial charge < -0.3 is 10.6 Å². The van der Waals surface area contributed by atoms with Crippen LogP contribution in [0.15, 0.2) is 24.3 Å². The molecule has 0 bridgehead atoms. The SMILES string of the molecule is Cc1cc(C(=O)Nc2ccc(F)cc2F)nc(NCC(C)C)n1. The molecule has 0 radical (unpaired) electrons. The van der Waals surface area contributed by atoms with Gasteiger partial charge in [-0.3, -0.25) is 4.79 Å². The largest absolute Gasteiger partial charge is 0.354 e. The van der Waals surface area contributed by atoms with Gasteiger partial charge in [-0.25, -0.2) is 18.7 Å². The number of aromatic nitrogens is 2. The molecule has 0 fully saturated rings. The summed E-state index contributed by atoms with van der Waals surface area (Å²) >= 11 is 0. The van der Waals surface area contributed by atoms with E-state index in [4.69, 9.17) is 0 Å². The molecule has 2 aromatic rings. The standard InChI is InChI=1S/C16H18F2N4O/c1-9(2)8-19-16-20-10(3)6-14(22-16)15(23)21-13-5-4-11(17)7-12(13)18/h4-7,9H,8H2,1-3H3,(H,21,23)(H,19,20,22). The van der Waals surface area contributed by atoms with E-state index in [2.05, 4.69) is 20.6 Å². The highest BCUT2D eigenvalue weighted by Crippen LogP contribution is 2.16. The topological polar surface area (TPSA) is 66.9 Å². The Labute approximate surface area is 133 Å². The number of amides is 1. The molecule has 0 atom stereocenters. The molecule has 1 aromatic carbocycles. The molecule has 2 rings (SSSR count). The number of halogens is 2. The molecule has 23 heavy (non-hydrogen) atoms. The van der Waals surface area contributed by atoms with Crippen molar-refractivity contribution < 1.29 is 13.6 Å². The Morgan fingerprint density at radius 3 is 2.61 bits per heavy atom. The van der Waals surface area contributed by atoms with Crippen LogP contribution in [0.4, 0.5) is 20.4 Å². The van der Waals surface area contributed by atoms with Crippen LogP contribution in [0.2, 0.25) is 0 Å². The highest BCUT2D eigenvalue weighted by molar-refractivity contribution is 6.03. The first-order chi connectivity index (χ1) is 10.8. The first-order valence-corrected chi connectivity index (χ1v) is 7.21. The third-order valence-electron chi connectivity index (χ3n) is 2.93. The van der Waals surface area contributed by atoms with Crippen molar-refractivity contribution in [3.05, 3.63) is 47.3 Å². The van der Waals surface area contributed by atoms with Crippen LogP contribution in [0.25, 0.3) is 0 Å². The smallest absolute Gasteiger partial charge is 0.274 e. The molecule has 2 N–H and O–H groups in total. The number of rotatable bonds is 5. The molecular formula is C16H18F2N4O. The second-order valence-electron chi connectivity index (χ2n) is 5.57. The van der Waals surface area contributed by atoms with Crippen LogP contribution < -0.4 is 10.6 Å². The number of carbonyl (C=O) groups excluding carboxylic acids is 1. The Bertz CT molecular complexity index is 719. The van der Waals surface area contributed by atoms with E-state index in [9.17, 15) is 13.6 Å². The van der Waals surface area contributed by atoms with E-state index in [1.54, 1.807) is 6.92 Å². The van der Waals surface area contributed by atoms with Gasteiger partial charge in [-0.2, -0.15) is 0 Å². The summed E-state index contributed by atoms with van der Waals surface area (Å²) in [6.45, 7) is 6.47. The van der Waals surface area contributed by atoms with Gasteiger partial charge in [0.15, 0.2) is 0 Å². The molecule has 0 aliphatic heterocycles. The number of hydrogen-bond donors (Lipinski definition) is 2. The van der Waals surface area contributed by atoms with E-state index in [0.717, 1.165) is 12.1 Å². The summed E-state index contributed by atoms with van der Waals surface area (Å²) in [6.07, 6.45) is 0. The molecule has 1 amide bonds. The van der Waals surface area contributed by atoms with E-state index in [-0.39, 0.29) is 11.4 Å². The minimum atomic E-state index is -0.845. The Balaban J connectivity index is 2.18. The second kappa shape index (κ2) is 7.13. The number of anilines is 2. The monoisotopic (exact) mass is 320 g/mol. The van der Waals surface area contributed by atoms with Gasteiger partial charge in [-0.15, -0.1) is 0 Å². The van der Waals surface area contributed by atoms with Gasteiger partial charge in [-0.05, 0) is 31.0 Å². The zero-order valence-corrected chi connectivity index (χ0v) is 13.2. The van der Waals surface area contributed by atoms with Gasteiger partial charge in [0.2, 0.25) is 5.95 Å². The maximum absolute atomic E-state index is 13.6. The van der Waals surface area contributed by atoms with Gasteiger partial charge in [0, 0.05) is 18.3 Å². The number of benzene rings is 1. The normalized spacial score (nSPS) is 10.7. The Hall–Kier alpha value is -2.57. The van der Waals surface area contributed by atoms with E-state index < -0.39 is 17.5 Å². The van der Waals surface area contributed by atoms with Gasteiger partial charge in [0.05, 0.1) is 5.69 Å². The maximum Gasteiger partial charge on any atom is 0.274 e. The molecule has 7 heteroatoms. The fraction of sp³-hybridized carbons (Fsp3) is 0.312. The van der Waals surface area contributed by atoms with Crippen molar-refractivity contribution in [1.29, 1.82) is 0 Å². The lowest BCUT2D eigenvalue weighted by Gasteiger charge is -2.10. The van der Waals surface area contributed by atoms with Crippen LogP contribution in [-0.2, 0) is 0 Å². The Kier molecular flexibility index (Phi) is 5.20. The number of aryl methyl sites for hydroxylation is 1. The predicted octanol–water partition coefficient (Wildman–Crippen LogP) is 3.38. The summed E-state index contributed by atoms with van der Waals surface area (Å²) in [7, 11) is 0. The van der Waals surface area contributed by atoms with Crippen LogP contribution in [0.3, 0.4) is 0 Å².